The van der Waals surface area contributed by atoms with Gasteiger partial charge in [-0.05, 0) is 29.8 Å². The number of nitrogens with zero attached hydrogens (tertiary/aromatic N) is 2. The van der Waals surface area contributed by atoms with E-state index in [-0.39, 0.29) is 6.04 Å². The van der Waals surface area contributed by atoms with E-state index in [1.165, 1.54) is 0 Å². The summed E-state index contributed by atoms with van der Waals surface area (Å²) in [5.74, 6) is 5.67. The topological polar surface area (TPSA) is 74.3 Å². The van der Waals surface area contributed by atoms with E-state index in [9.17, 15) is 0 Å². The van der Waals surface area contributed by atoms with Crippen LogP contribution >= 0.6 is 15.9 Å². The lowest BCUT2D eigenvalue weighted by atomic mass is 9.96. The Hall–Kier alpha value is -0.470. The van der Waals surface area contributed by atoms with Crippen LogP contribution in [0.5, 0.6) is 0 Å². The first-order chi connectivity index (χ1) is 8.47. The molecule has 0 aliphatic carbocycles. The van der Waals surface area contributed by atoms with Crippen molar-refractivity contribution in [3.8, 4) is 0 Å². The first kappa shape index (κ1) is 15.6. The fraction of sp³-hybridized carbons (Fsp3) is 0.727. The van der Waals surface area contributed by atoms with Crippen molar-refractivity contribution >= 4 is 15.9 Å². The third kappa shape index (κ3) is 3.30. The largest absolute Gasteiger partial charge is 0.383 e. The van der Waals surface area contributed by atoms with Crippen LogP contribution in [0.25, 0.3) is 0 Å². The SMILES string of the molecule is COCCn1ncc(Br)c1C(NN)C(C)(C)OC. The number of halogens is 1. The Kier molecular flexibility index (Phi) is 5.74. The highest BCUT2D eigenvalue weighted by Crippen LogP contribution is 2.32. The molecule has 1 aromatic rings. The van der Waals surface area contributed by atoms with Crippen LogP contribution in [0.2, 0.25) is 0 Å². The van der Waals surface area contributed by atoms with Gasteiger partial charge in [-0.15, -0.1) is 0 Å². The summed E-state index contributed by atoms with van der Waals surface area (Å²) in [5.41, 5.74) is 3.29. The normalized spacial score (nSPS) is 13.9. The van der Waals surface area contributed by atoms with Crippen LogP contribution in [0.1, 0.15) is 25.6 Å². The molecule has 18 heavy (non-hydrogen) atoms. The number of hydrogen-bond acceptors (Lipinski definition) is 5. The van der Waals surface area contributed by atoms with E-state index in [0.29, 0.717) is 13.2 Å². The Labute approximate surface area is 116 Å². The van der Waals surface area contributed by atoms with Gasteiger partial charge in [0.15, 0.2) is 0 Å². The second-order valence-electron chi connectivity index (χ2n) is 4.50. The first-order valence-corrected chi connectivity index (χ1v) is 6.48. The molecule has 1 heterocycles. The Morgan fingerprint density at radius 3 is 2.72 bits per heavy atom. The molecule has 0 amide bonds. The lowest BCUT2D eigenvalue weighted by Gasteiger charge is -2.33. The lowest BCUT2D eigenvalue weighted by molar-refractivity contribution is -0.0140. The number of methoxy groups -OCH3 is 2. The number of nitrogens with one attached hydrogen (secondary N) is 1. The molecule has 0 radical (unpaired) electrons. The van der Waals surface area contributed by atoms with Gasteiger partial charge in [0.25, 0.3) is 0 Å². The van der Waals surface area contributed by atoms with E-state index < -0.39 is 5.60 Å². The minimum absolute atomic E-state index is 0.184. The van der Waals surface area contributed by atoms with Gasteiger partial charge in [0.2, 0.25) is 0 Å². The Morgan fingerprint density at radius 1 is 1.56 bits per heavy atom. The zero-order valence-corrected chi connectivity index (χ0v) is 12.8. The molecule has 1 aromatic heterocycles. The highest BCUT2D eigenvalue weighted by Gasteiger charge is 2.34. The van der Waals surface area contributed by atoms with E-state index in [0.717, 1.165) is 10.2 Å². The second-order valence-corrected chi connectivity index (χ2v) is 5.36. The van der Waals surface area contributed by atoms with Gasteiger partial charge in [0.05, 0.1) is 41.2 Å². The summed E-state index contributed by atoms with van der Waals surface area (Å²) in [6.07, 6.45) is 1.75. The number of hydrazine groups is 1. The number of nitrogens with two attached hydrogens (primary N) is 1. The smallest absolute Gasteiger partial charge is 0.0924 e. The summed E-state index contributed by atoms with van der Waals surface area (Å²) in [7, 11) is 3.32. The van der Waals surface area contributed by atoms with Gasteiger partial charge in [0, 0.05) is 14.2 Å². The summed E-state index contributed by atoms with van der Waals surface area (Å²) in [6, 6.07) is -0.184. The highest BCUT2D eigenvalue weighted by atomic mass is 79.9. The van der Waals surface area contributed by atoms with Crippen molar-refractivity contribution in [1.29, 1.82) is 0 Å². The van der Waals surface area contributed by atoms with Gasteiger partial charge in [-0.3, -0.25) is 10.5 Å². The van der Waals surface area contributed by atoms with Gasteiger partial charge < -0.3 is 9.47 Å². The van der Waals surface area contributed by atoms with Crippen LogP contribution in [-0.2, 0) is 16.0 Å². The molecule has 7 heteroatoms. The van der Waals surface area contributed by atoms with Crippen LogP contribution in [0, 0.1) is 0 Å². The highest BCUT2D eigenvalue weighted by molar-refractivity contribution is 9.10. The van der Waals surface area contributed by atoms with Gasteiger partial charge in [-0.1, -0.05) is 0 Å². The van der Waals surface area contributed by atoms with Crippen molar-refractivity contribution in [3.05, 3.63) is 16.4 Å². The molecule has 104 valence electrons. The minimum atomic E-state index is -0.456. The third-order valence-electron chi connectivity index (χ3n) is 3.00. The molecule has 0 aliphatic heterocycles. The van der Waals surface area contributed by atoms with Gasteiger partial charge in [0.1, 0.15) is 0 Å². The molecule has 0 aromatic carbocycles. The predicted octanol–water partition coefficient (Wildman–Crippen LogP) is 1.22. The molecule has 0 spiro atoms. The predicted molar refractivity (Wildman–Crippen MR) is 73.0 cm³/mol. The summed E-state index contributed by atoms with van der Waals surface area (Å²) < 4.78 is 13.3. The second kappa shape index (κ2) is 6.63. The van der Waals surface area contributed by atoms with E-state index in [4.69, 9.17) is 15.3 Å². The Morgan fingerprint density at radius 2 is 2.22 bits per heavy atom. The van der Waals surface area contributed by atoms with Crippen LogP contribution in [0.3, 0.4) is 0 Å². The molecule has 1 atom stereocenters. The molecule has 0 saturated heterocycles. The van der Waals surface area contributed by atoms with Gasteiger partial charge in [-0.2, -0.15) is 5.10 Å². The van der Waals surface area contributed by atoms with Crippen molar-refractivity contribution in [3.63, 3.8) is 0 Å². The zero-order chi connectivity index (χ0) is 13.8. The maximum atomic E-state index is 5.67. The standard InChI is InChI=1S/C11H21BrN4O2/c1-11(2,18-4)10(15-13)9-8(12)7-14-16(9)5-6-17-3/h7,10,15H,5-6,13H2,1-4H3. The van der Waals surface area contributed by atoms with Crippen molar-refractivity contribution < 1.29 is 9.47 Å². The number of ether oxygens (including phenoxy) is 2. The van der Waals surface area contributed by atoms with Gasteiger partial charge >= 0.3 is 0 Å². The average molecular weight is 321 g/mol. The first-order valence-electron chi connectivity index (χ1n) is 5.69. The molecule has 0 bridgehead atoms. The molecule has 0 aliphatic rings. The lowest BCUT2D eigenvalue weighted by Crippen LogP contribution is -2.45. The molecule has 1 unspecified atom stereocenters. The van der Waals surface area contributed by atoms with E-state index in [2.05, 4.69) is 26.5 Å². The molecule has 1 rings (SSSR count). The molecular weight excluding hydrogens is 300 g/mol. The van der Waals surface area contributed by atoms with Gasteiger partial charge in [-0.25, -0.2) is 5.43 Å². The monoisotopic (exact) mass is 320 g/mol. The van der Waals surface area contributed by atoms with Crippen molar-refractivity contribution in [1.82, 2.24) is 15.2 Å². The summed E-state index contributed by atoms with van der Waals surface area (Å²) in [5, 5.41) is 4.31. The van der Waals surface area contributed by atoms with E-state index >= 15 is 0 Å². The average Bonchev–Trinajstić information content (AvgIpc) is 2.69. The number of hydrogen-bond donors (Lipinski definition) is 2. The fourth-order valence-corrected chi connectivity index (χ4v) is 2.27. The summed E-state index contributed by atoms with van der Waals surface area (Å²) in [4.78, 5) is 0. The van der Waals surface area contributed by atoms with E-state index in [1.54, 1.807) is 20.4 Å². The van der Waals surface area contributed by atoms with Crippen LogP contribution < -0.4 is 11.3 Å². The Balaban J connectivity index is 3.08. The zero-order valence-electron chi connectivity index (χ0n) is 11.2. The Bertz CT molecular complexity index is 381. The maximum Gasteiger partial charge on any atom is 0.0924 e. The molecule has 0 saturated carbocycles. The molecule has 3 N–H and O–H groups in total. The molecule has 0 fully saturated rings. The van der Waals surface area contributed by atoms with Crippen LogP contribution in [0.4, 0.5) is 0 Å². The third-order valence-corrected chi connectivity index (χ3v) is 3.61. The number of aromatic nitrogens is 2. The summed E-state index contributed by atoms with van der Waals surface area (Å²) >= 11 is 3.50. The maximum absolute atomic E-state index is 5.67. The fourth-order valence-electron chi connectivity index (χ4n) is 1.74. The van der Waals surface area contributed by atoms with E-state index in [1.807, 2.05) is 18.5 Å². The molecular formula is C11H21BrN4O2. The number of rotatable bonds is 7. The minimum Gasteiger partial charge on any atom is -0.383 e. The summed E-state index contributed by atoms with van der Waals surface area (Å²) in [6.45, 7) is 5.19. The van der Waals surface area contributed by atoms with Crippen LogP contribution in [-0.4, -0.2) is 36.2 Å². The molecule has 6 nitrogen and oxygen atoms in total. The van der Waals surface area contributed by atoms with Crippen LogP contribution in [0.15, 0.2) is 10.7 Å². The quantitative estimate of drug-likeness (QED) is 0.583. The van der Waals surface area contributed by atoms with Crippen molar-refractivity contribution in [2.24, 2.45) is 5.84 Å². The van der Waals surface area contributed by atoms with Crippen molar-refractivity contribution in [2.45, 2.75) is 32.0 Å². The van der Waals surface area contributed by atoms with Crippen molar-refractivity contribution in [2.75, 3.05) is 20.8 Å².